The second-order valence-corrected chi connectivity index (χ2v) is 6.67. The van der Waals surface area contributed by atoms with Crippen molar-refractivity contribution in [1.82, 2.24) is 20.5 Å². The number of pyridine rings is 1. The average molecular weight is 349 g/mol. The fraction of sp³-hybridized carbons (Fsp3) is 0.667. The molecule has 0 amide bonds. The van der Waals surface area contributed by atoms with Gasteiger partial charge in [-0.2, -0.15) is 0 Å². The van der Waals surface area contributed by atoms with Crippen LogP contribution in [0.4, 0.5) is 0 Å². The van der Waals surface area contributed by atoms with Crippen molar-refractivity contribution in [3.05, 3.63) is 23.9 Å². The van der Waals surface area contributed by atoms with E-state index in [2.05, 4.69) is 46.3 Å². The molecule has 0 atom stereocenters. The number of guanidine groups is 1. The summed E-state index contributed by atoms with van der Waals surface area (Å²) in [6.07, 6.45) is 1.80. The van der Waals surface area contributed by atoms with Crippen molar-refractivity contribution >= 4 is 5.96 Å². The van der Waals surface area contributed by atoms with Gasteiger partial charge in [0.15, 0.2) is 5.96 Å². The molecule has 2 N–H and O–H groups in total. The summed E-state index contributed by atoms with van der Waals surface area (Å²) in [6.45, 7) is 12.3. The summed E-state index contributed by atoms with van der Waals surface area (Å²) in [5, 5.41) is 6.76. The van der Waals surface area contributed by atoms with Crippen LogP contribution in [0.5, 0.6) is 5.88 Å². The first kappa shape index (κ1) is 19.5. The second kappa shape index (κ2) is 9.58. The lowest BCUT2D eigenvalue weighted by atomic mass is 10.0. The van der Waals surface area contributed by atoms with Crippen molar-refractivity contribution in [2.45, 2.75) is 32.9 Å². The van der Waals surface area contributed by atoms with Gasteiger partial charge in [-0.05, 0) is 26.3 Å². The van der Waals surface area contributed by atoms with Crippen LogP contribution in [-0.2, 0) is 11.3 Å². The molecule has 1 saturated heterocycles. The van der Waals surface area contributed by atoms with E-state index < -0.39 is 0 Å². The molecule has 25 heavy (non-hydrogen) atoms. The highest BCUT2D eigenvalue weighted by Crippen LogP contribution is 2.15. The minimum atomic E-state index is 0.0433. The van der Waals surface area contributed by atoms with Crippen molar-refractivity contribution in [2.75, 3.05) is 46.5 Å². The molecule has 2 heterocycles. The van der Waals surface area contributed by atoms with Gasteiger partial charge in [-0.25, -0.2) is 9.98 Å². The third kappa shape index (κ3) is 6.17. The lowest BCUT2D eigenvalue weighted by Crippen LogP contribution is -2.56. The topological polar surface area (TPSA) is 71.0 Å². The molecular formula is C18H31N5O2. The Morgan fingerprint density at radius 1 is 1.32 bits per heavy atom. The van der Waals surface area contributed by atoms with Crippen LogP contribution in [0.1, 0.15) is 26.3 Å². The first-order valence-corrected chi connectivity index (χ1v) is 8.89. The molecular weight excluding hydrogens is 318 g/mol. The van der Waals surface area contributed by atoms with E-state index in [9.17, 15) is 0 Å². The first-order valence-electron chi connectivity index (χ1n) is 8.89. The lowest BCUT2D eigenvalue weighted by molar-refractivity contribution is -0.00834. The van der Waals surface area contributed by atoms with E-state index in [0.717, 1.165) is 50.9 Å². The molecule has 140 valence electrons. The number of methoxy groups -OCH3 is 1. The number of aliphatic imine (C=N–C) groups is 1. The van der Waals surface area contributed by atoms with Gasteiger partial charge < -0.3 is 20.1 Å². The molecule has 0 aromatic carbocycles. The van der Waals surface area contributed by atoms with Crippen LogP contribution >= 0.6 is 0 Å². The Morgan fingerprint density at radius 3 is 2.68 bits per heavy atom. The maximum absolute atomic E-state index is 5.45. The summed E-state index contributed by atoms with van der Waals surface area (Å²) < 4.78 is 10.5. The number of nitrogens with one attached hydrogen (secondary N) is 2. The fourth-order valence-corrected chi connectivity index (χ4v) is 2.72. The van der Waals surface area contributed by atoms with Crippen LogP contribution in [0.15, 0.2) is 23.3 Å². The van der Waals surface area contributed by atoms with E-state index in [-0.39, 0.29) is 5.54 Å². The van der Waals surface area contributed by atoms with Gasteiger partial charge in [0.2, 0.25) is 5.88 Å². The molecule has 0 unspecified atom stereocenters. The summed E-state index contributed by atoms with van der Waals surface area (Å²) >= 11 is 0. The molecule has 0 saturated carbocycles. The minimum Gasteiger partial charge on any atom is -0.481 e. The zero-order chi connectivity index (χ0) is 18.1. The number of morpholine rings is 1. The smallest absolute Gasteiger partial charge is 0.212 e. The van der Waals surface area contributed by atoms with Crippen LogP contribution in [0.2, 0.25) is 0 Å². The monoisotopic (exact) mass is 349 g/mol. The Balaban J connectivity index is 1.91. The van der Waals surface area contributed by atoms with Gasteiger partial charge in [0.1, 0.15) is 0 Å². The molecule has 0 radical (unpaired) electrons. The zero-order valence-electron chi connectivity index (χ0n) is 15.8. The molecule has 7 nitrogen and oxygen atoms in total. The Bertz CT molecular complexity index is 539. The van der Waals surface area contributed by atoms with E-state index >= 15 is 0 Å². The maximum atomic E-state index is 5.45. The van der Waals surface area contributed by atoms with E-state index in [0.29, 0.717) is 12.4 Å². The van der Waals surface area contributed by atoms with E-state index in [1.54, 1.807) is 13.3 Å². The first-order chi connectivity index (χ1) is 12.0. The van der Waals surface area contributed by atoms with Crippen LogP contribution < -0.4 is 15.4 Å². The van der Waals surface area contributed by atoms with Crippen LogP contribution in [0.25, 0.3) is 0 Å². The number of hydrogen-bond donors (Lipinski definition) is 2. The maximum Gasteiger partial charge on any atom is 0.212 e. The van der Waals surface area contributed by atoms with Gasteiger partial charge in [-0.1, -0.05) is 6.07 Å². The highest BCUT2D eigenvalue weighted by Gasteiger charge is 2.28. The van der Waals surface area contributed by atoms with E-state index in [1.807, 2.05) is 12.1 Å². The lowest BCUT2D eigenvalue weighted by Gasteiger charge is -2.41. The summed E-state index contributed by atoms with van der Waals surface area (Å²) in [5.41, 5.74) is 1.09. The summed E-state index contributed by atoms with van der Waals surface area (Å²) in [6, 6.07) is 3.84. The normalized spacial score (nSPS) is 16.6. The number of nitrogens with zero attached hydrogens (tertiary/aromatic N) is 3. The molecule has 0 aliphatic carbocycles. The molecule has 1 aromatic heterocycles. The Labute approximate surface area is 150 Å². The van der Waals surface area contributed by atoms with Crippen LogP contribution in [-0.4, -0.2) is 67.9 Å². The molecule has 1 aliphatic rings. The van der Waals surface area contributed by atoms with Crippen LogP contribution in [0.3, 0.4) is 0 Å². The predicted molar refractivity (Wildman–Crippen MR) is 100 cm³/mol. The number of hydrogen-bond acceptors (Lipinski definition) is 5. The second-order valence-electron chi connectivity index (χ2n) is 6.67. The number of aromatic nitrogens is 1. The summed E-state index contributed by atoms with van der Waals surface area (Å²) in [4.78, 5) is 11.3. The number of rotatable bonds is 7. The van der Waals surface area contributed by atoms with Crippen molar-refractivity contribution in [3.8, 4) is 5.88 Å². The Morgan fingerprint density at radius 2 is 2.08 bits per heavy atom. The molecule has 0 spiro atoms. The van der Waals surface area contributed by atoms with Gasteiger partial charge in [0, 0.05) is 44.0 Å². The predicted octanol–water partition coefficient (Wildman–Crippen LogP) is 1.26. The molecule has 1 fully saturated rings. The summed E-state index contributed by atoms with van der Waals surface area (Å²) in [7, 11) is 1.61. The standard InChI is InChI=1S/C18H31N5O2/c1-5-19-17(21-13-15-6-7-16(24-4)20-12-15)22-14-18(2,3)23-8-10-25-11-9-23/h6-7,12H,5,8-11,13-14H2,1-4H3,(H2,19,21,22). The molecule has 7 heteroatoms. The molecule has 1 aromatic rings. The largest absolute Gasteiger partial charge is 0.481 e. The SMILES string of the molecule is CCNC(=NCc1ccc(OC)nc1)NCC(C)(C)N1CCOCC1. The van der Waals surface area contributed by atoms with Crippen molar-refractivity contribution in [1.29, 1.82) is 0 Å². The van der Waals surface area contributed by atoms with Crippen molar-refractivity contribution in [3.63, 3.8) is 0 Å². The fourth-order valence-electron chi connectivity index (χ4n) is 2.72. The molecule has 0 bridgehead atoms. The average Bonchev–Trinajstić information content (AvgIpc) is 2.65. The minimum absolute atomic E-state index is 0.0433. The zero-order valence-corrected chi connectivity index (χ0v) is 15.8. The quantitative estimate of drug-likeness (QED) is 0.570. The highest BCUT2D eigenvalue weighted by molar-refractivity contribution is 5.79. The third-order valence-corrected chi connectivity index (χ3v) is 4.33. The Kier molecular flexibility index (Phi) is 7.46. The van der Waals surface area contributed by atoms with Crippen molar-refractivity contribution in [2.24, 2.45) is 4.99 Å². The molecule has 2 rings (SSSR count). The van der Waals surface area contributed by atoms with Gasteiger partial charge in [0.25, 0.3) is 0 Å². The summed E-state index contributed by atoms with van der Waals surface area (Å²) in [5.74, 6) is 1.43. The van der Waals surface area contributed by atoms with Gasteiger partial charge in [-0.15, -0.1) is 0 Å². The Hall–Kier alpha value is -1.86. The van der Waals surface area contributed by atoms with Gasteiger partial charge >= 0.3 is 0 Å². The van der Waals surface area contributed by atoms with Crippen molar-refractivity contribution < 1.29 is 9.47 Å². The molecule has 1 aliphatic heterocycles. The van der Waals surface area contributed by atoms with Crippen LogP contribution in [0, 0.1) is 0 Å². The van der Waals surface area contributed by atoms with E-state index in [4.69, 9.17) is 9.47 Å². The van der Waals surface area contributed by atoms with Gasteiger partial charge in [0.05, 0.1) is 26.9 Å². The number of ether oxygens (including phenoxy) is 2. The third-order valence-electron chi connectivity index (χ3n) is 4.33. The van der Waals surface area contributed by atoms with E-state index in [1.165, 1.54) is 0 Å². The van der Waals surface area contributed by atoms with Gasteiger partial charge in [-0.3, -0.25) is 4.90 Å². The highest BCUT2D eigenvalue weighted by atomic mass is 16.5.